The number of likely N-dealkylation sites (N-methyl/N-ethyl adjacent to an activating group) is 1. The Morgan fingerprint density at radius 3 is 2.40 bits per heavy atom. The molecule has 0 bridgehead atoms. The number of hydrogen-bond acceptors (Lipinski definition) is 2. The molecule has 4 heteroatoms. The van der Waals surface area contributed by atoms with Gasteiger partial charge in [0.05, 0.1) is 5.69 Å². The first kappa shape index (κ1) is 10.4. The molecule has 1 fully saturated rings. The van der Waals surface area contributed by atoms with Crippen molar-refractivity contribution >= 4 is 5.69 Å². The molecule has 0 radical (unpaired) electrons. The average molecular weight is 212 g/mol. The van der Waals surface area contributed by atoms with E-state index >= 15 is 0 Å². The number of hydrogen-bond donors (Lipinski definition) is 0. The molecule has 0 amide bonds. The molecule has 1 aromatic carbocycles. The van der Waals surface area contributed by atoms with Gasteiger partial charge in [-0.2, -0.15) is 0 Å². The van der Waals surface area contributed by atoms with Crippen LogP contribution in [0.25, 0.3) is 0 Å². The SMILES string of the molecule is CN1CCN(c2cccc(F)c2F)CC1. The zero-order valence-corrected chi connectivity index (χ0v) is 8.71. The van der Waals surface area contributed by atoms with E-state index < -0.39 is 11.6 Å². The van der Waals surface area contributed by atoms with Gasteiger partial charge in [-0.05, 0) is 19.2 Å². The number of piperazine rings is 1. The standard InChI is InChI=1S/C11H14F2N2/c1-14-5-7-15(8-6-14)10-4-2-3-9(12)11(10)13/h2-4H,5-8H2,1H3. The lowest BCUT2D eigenvalue weighted by Crippen LogP contribution is -2.44. The van der Waals surface area contributed by atoms with Crippen molar-refractivity contribution < 1.29 is 8.78 Å². The molecule has 0 N–H and O–H groups in total. The van der Waals surface area contributed by atoms with Gasteiger partial charge in [-0.15, -0.1) is 0 Å². The third kappa shape index (κ3) is 2.09. The van der Waals surface area contributed by atoms with Crippen molar-refractivity contribution in [1.82, 2.24) is 4.90 Å². The van der Waals surface area contributed by atoms with Gasteiger partial charge in [-0.25, -0.2) is 8.78 Å². The number of halogens is 2. The Labute approximate surface area is 88.1 Å². The molecule has 0 spiro atoms. The van der Waals surface area contributed by atoms with Crippen LogP contribution in [0.1, 0.15) is 0 Å². The van der Waals surface area contributed by atoms with Crippen LogP contribution >= 0.6 is 0 Å². The van der Waals surface area contributed by atoms with Crippen molar-refractivity contribution in [2.45, 2.75) is 0 Å². The van der Waals surface area contributed by atoms with Gasteiger partial charge in [0.1, 0.15) is 0 Å². The van der Waals surface area contributed by atoms with Crippen LogP contribution < -0.4 is 4.90 Å². The van der Waals surface area contributed by atoms with E-state index in [0.29, 0.717) is 5.69 Å². The van der Waals surface area contributed by atoms with E-state index in [1.165, 1.54) is 0 Å². The second-order valence-electron chi connectivity index (χ2n) is 3.86. The molecule has 1 aromatic rings. The highest BCUT2D eigenvalue weighted by Gasteiger charge is 2.18. The lowest BCUT2D eigenvalue weighted by molar-refractivity contribution is 0.311. The summed E-state index contributed by atoms with van der Waals surface area (Å²) in [4.78, 5) is 4.06. The minimum absolute atomic E-state index is 0.378. The molecule has 1 aliphatic heterocycles. The highest BCUT2D eigenvalue weighted by Crippen LogP contribution is 2.22. The fourth-order valence-corrected chi connectivity index (χ4v) is 1.78. The van der Waals surface area contributed by atoms with Gasteiger partial charge >= 0.3 is 0 Å². The topological polar surface area (TPSA) is 6.48 Å². The van der Waals surface area contributed by atoms with E-state index in [2.05, 4.69) is 4.90 Å². The Balaban J connectivity index is 2.19. The quantitative estimate of drug-likeness (QED) is 0.699. The zero-order chi connectivity index (χ0) is 10.8. The minimum Gasteiger partial charge on any atom is -0.367 e. The minimum atomic E-state index is -0.772. The lowest BCUT2D eigenvalue weighted by atomic mass is 10.2. The maximum absolute atomic E-state index is 13.5. The van der Waals surface area contributed by atoms with Crippen LogP contribution in [-0.2, 0) is 0 Å². The Morgan fingerprint density at radius 2 is 1.73 bits per heavy atom. The monoisotopic (exact) mass is 212 g/mol. The molecule has 0 atom stereocenters. The average Bonchev–Trinajstić information content (AvgIpc) is 2.24. The van der Waals surface area contributed by atoms with Crippen molar-refractivity contribution in [2.24, 2.45) is 0 Å². The molecular weight excluding hydrogens is 198 g/mol. The van der Waals surface area contributed by atoms with Crippen molar-refractivity contribution in [3.63, 3.8) is 0 Å². The maximum Gasteiger partial charge on any atom is 0.182 e. The molecule has 0 aliphatic carbocycles. The molecule has 15 heavy (non-hydrogen) atoms. The first-order valence-corrected chi connectivity index (χ1v) is 5.06. The summed E-state index contributed by atoms with van der Waals surface area (Å²) >= 11 is 0. The van der Waals surface area contributed by atoms with Crippen LogP contribution in [-0.4, -0.2) is 38.1 Å². The van der Waals surface area contributed by atoms with Gasteiger partial charge in [-0.3, -0.25) is 0 Å². The normalized spacial score (nSPS) is 18.2. The summed E-state index contributed by atoms with van der Waals surface area (Å²) in [6.07, 6.45) is 0. The molecule has 0 saturated carbocycles. The van der Waals surface area contributed by atoms with Crippen molar-refractivity contribution in [2.75, 3.05) is 38.1 Å². The number of rotatable bonds is 1. The molecular formula is C11H14F2N2. The van der Waals surface area contributed by atoms with Crippen LogP contribution in [0.3, 0.4) is 0 Å². The van der Waals surface area contributed by atoms with Crippen LogP contribution in [0.5, 0.6) is 0 Å². The third-order valence-electron chi connectivity index (χ3n) is 2.78. The highest BCUT2D eigenvalue weighted by molar-refractivity contribution is 5.48. The van der Waals surface area contributed by atoms with Crippen LogP contribution in [0.15, 0.2) is 18.2 Å². The first-order chi connectivity index (χ1) is 7.18. The summed E-state index contributed by atoms with van der Waals surface area (Å²) in [5.74, 6) is -1.51. The molecule has 1 heterocycles. The van der Waals surface area contributed by atoms with Gasteiger partial charge in [0.2, 0.25) is 0 Å². The first-order valence-electron chi connectivity index (χ1n) is 5.06. The summed E-state index contributed by atoms with van der Waals surface area (Å²) < 4.78 is 26.5. The van der Waals surface area contributed by atoms with Gasteiger partial charge in [0.15, 0.2) is 11.6 Å². The predicted molar refractivity (Wildman–Crippen MR) is 56.1 cm³/mol. The zero-order valence-electron chi connectivity index (χ0n) is 8.71. The molecule has 1 aliphatic rings. The van der Waals surface area contributed by atoms with Gasteiger partial charge < -0.3 is 9.80 Å². The second-order valence-corrected chi connectivity index (χ2v) is 3.86. The van der Waals surface area contributed by atoms with Crippen molar-refractivity contribution in [1.29, 1.82) is 0 Å². The summed E-state index contributed by atoms with van der Waals surface area (Å²) in [5.41, 5.74) is 0.378. The molecule has 2 nitrogen and oxygen atoms in total. The lowest BCUT2D eigenvalue weighted by Gasteiger charge is -2.34. The predicted octanol–water partition coefficient (Wildman–Crippen LogP) is 1.72. The number of anilines is 1. The highest BCUT2D eigenvalue weighted by atomic mass is 19.2. The van der Waals surface area contributed by atoms with Gasteiger partial charge in [0, 0.05) is 26.2 Å². The Hall–Kier alpha value is -1.16. The van der Waals surface area contributed by atoms with E-state index in [9.17, 15) is 8.78 Å². The summed E-state index contributed by atoms with van der Waals surface area (Å²) in [6.45, 7) is 3.26. The van der Waals surface area contributed by atoms with E-state index in [1.54, 1.807) is 12.1 Å². The Kier molecular flexibility index (Phi) is 2.86. The largest absolute Gasteiger partial charge is 0.367 e. The smallest absolute Gasteiger partial charge is 0.182 e. The number of nitrogens with zero attached hydrogens (tertiary/aromatic N) is 2. The van der Waals surface area contributed by atoms with E-state index in [4.69, 9.17) is 0 Å². The Morgan fingerprint density at radius 1 is 1.07 bits per heavy atom. The second kappa shape index (κ2) is 4.14. The molecule has 0 unspecified atom stereocenters. The summed E-state index contributed by atoms with van der Waals surface area (Å²) in [5, 5.41) is 0. The van der Waals surface area contributed by atoms with E-state index in [0.717, 1.165) is 32.2 Å². The fourth-order valence-electron chi connectivity index (χ4n) is 1.78. The van der Waals surface area contributed by atoms with Gasteiger partial charge in [-0.1, -0.05) is 6.07 Å². The van der Waals surface area contributed by atoms with Crippen LogP contribution in [0.4, 0.5) is 14.5 Å². The van der Waals surface area contributed by atoms with E-state index in [1.807, 2.05) is 11.9 Å². The molecule has 1 saturated heterocycles. The molecule has 82 valence electrons. The van der Waals surface area contributed by atoms with Crippen molar-refractivity contribution in [3.05, 3.63) is 29.8 Å². The maximum atomic E-state index is 13.5. The van der Waals surface area contributed by atoms with Gasteiger partial charge in [0.25, 0.3) is 0 Å². The Bertz CT molecular complexity index is 346. The van der Waals surface area contributed by atoms with Crippen molar-refractivity contribution in [3.8, 4) is 0 Å². The third-order valence-corrected chi connectivity index (χ3v) is 2.78. The summed E-state index contributed by atoms with van der Waals surface area (Å²) in [7, 11) is 2.03. The number of benzene rings is 1. The van der Waals surface area contributed by atoms with Crippen LogP contribution in [0.2, 0.25) is 0 Å². The fraction of sp³-hybridized carbons (Fsp3) is 0.455. The van der Waals surface area contributed by atoms with E-state index in [-0.39, 0.29) is 0 Å². The molecule has 2 rings (SSSR count). The summed E-state index contributed by atoms with van der Waals surface area (Å²) in [6, 6.07) is 4.32. The van der Waals surface area contributed by atoms with Crippen LogP contribution in [0, 0.1) is 11.6 Å². The molecule has 0 aromatic heterocycles.